The lowest BCUT2D eigenvalue weighted by atomic mass is 9.71. The molecule has 0 unspecified atom stereocenters. The maximum absolute atomic E-state index is 13.3. The van der Waals surface area contributed by atoms with Crippen LogP contribution in [0, 0.1) is 18.3 Å². The van der Waals surface area contributed by atoms with Crippen LogP contribution in [0.15, 0.2) is 12.1 Å². The number of anilines is 1. The molecule has 0 saturated carbocycles. The van der Waals surface area contributed by atoms with Crippen LogP contribution in [0.1, 0.15) is 18.5 Å². The van der Waals surface area contributed by atoms with Gasteiger partial charge in [0.15, 0.2) is 5.82 Å². The van der Waals surface area contributed by atoms with Crippen LogP contribution < -0.4 is 4.90 Å². The summed E-state index contributed by atoms with van der Waals surface area (Å²) in [6.45, 7) is 7.66. The quantitative estimate of drug-likeness (QED) is 0.792. The van der Waals surface area contributed by atoms with E-state index in [0.717, 1.165) is 44.1 Å². The lowest BCUT2D eigenvalue weighted by Crippen LogP contribution is -2.49. The van der Waals surface area contributed by atoms with Crippen molar-refractivity contribution in [3.05, 3.63) is 17.8 Å². The molecular formula is C18H26N4O3. The Kier molecular flexibility index (Phi) is 4.60. The molecule has 7 heteroatoms. The van der Waals surface area contributed by atoms with Crippen molar-refractivity contribution in [2.75, 3.05) is 57.5 Å². The number of morpholine rings is 1. The van der Waals surface area contributed by atoms with Crippen molar-refractivity contribution in [1.29, 1.82) is 0 Å². The minimum Gasteiger partial charge on any atom is -0.381 e. The summed E-state index contributed by atoms with van der Waals surface area (Å²) in [6.07, 6.45) is 1.87. The zero-order valence-corrected chi connectivity index (χ0v) is 14.8. The highest BCUT2D eigenvalue weighted by Crippen LogP contribution is 2.46. The molecule has 0 radical (unpaired) electrons. The molecule has 3 aliphatic rings. The number of amides is 1. The number of carbonyl (C=O) groups excluding carboxylic acids is 1. The van der Waals surface area contributed by atoms with Crippen molar-refractivity contribution in [3.8, 4) is 0 Å². The van der Waals surface area contributed by atoms with E-state index in [4.69, 9.17) is 9.47 Å². The summed E-state index contributed by atoms with van der Waals surface area (Å²) in [5.41, 5.74) is 0.893. The molecule has 1 amide bonds. The van der Waals surface area contributed by atoms with Crippen molar-refractivity contribution in [2.45, 2.75) is 19.8 Å². The molecule has 0 aliphatic carbocycles. The van der Waals surface area contributed by atoms with Crippen LogP contribution in [0.4, 0.5) is 5.82 Å². The van der Waals surface area contributed by atoms with Crippen LogP contribution in [-0.4, -0.2) is 73.6 Å². The van der Waals surface area contributed by atoms with Gasteiger partial charge in [0.1, 0.15) is 0 Å². The first kappa shape index (κ1) is 16.7. The Hall–Kier alpha value is -1.73. The number of hydrogen-bond donors (Lipinski definition) is 0. The highest BCUT2D eigenvalue weighted by molar-refractivity contribution is 5.81. The first-order valence-corrected chi connectivity index (χ1v) is 9.18. The van der Waals surface area contributed by atoms with E-state index in [9.17, 15) is 4.79 Å². The van der Waals surface area contributed by atoms with E-state index < -0.39 is 0 Å². The SMILES string of the molecule is Cc1ccc(N2C[C@@H](C(=O)N3CCOCC3)C3(CCOCC3)C2)nn1. The fourth-order valence-electron chi connectivity index (χ4n) is 4.33. The maximum atomic E-state index is 13.3. The smallest absolute Gasteiger partial charge is 0.228 e. The van der Waals surface area contributed by atoms with E-state index in [1.54, 1.807) is 0 Å². The van der Waals surface area contributed by atoms with Gasteiger partial charge in [0.2, 0.25) is 5.91 Å². The molecule has 0 aromatic carbocycles. The van der Waals surface area contributed by atoms with Gasteiger partial charge in [-0.05, 0) is 31.9 Å². The molecule has 136 valence electrons. The highest BCUT2D eigenvalue weighted by Gasteiger charge is 2.52. The van der Waals surface area contributed by atoms with Crippen LogP contribution in [0.25, 0.3) is 0 Å². The standard InChI is InChI=1S/C18H26N4O3/c1-14-2-3-16(20-19-14)22-12-15(17(23)21-6-10-25-11-7-21)18(13-22)4-8-24-9-5-18/h2-3,15H,4-13H2,1H3/t15-/m0/s1. The fourth-order valence-corrected chi connectivity index (χ4v) is 4.33. The molecule has 3 saturated heterocycles. The molecule has 3 aliphatic heterocycles. The predicted octanol–water partition coefficient (Wildman–Crippen LogP) is 0.877. The van der Waals surface area contributed by atoms with Crippen LogP contribution in [-0.2, 0) is 14.3 Å². The third kappa shape index (κ3) is 3.22. The molecule has 1 spiro atoms. The van der Waals surface area contributed by atoms with Crippen LogP contribution in [0.5, 0.6) is 0 Å². The lowest BCUT2D eigenvalue weighted by Gasteiger charge is -2.39. The Labute approximate surface area is 148 Å². The first-order valence-electron chi connectivity index (χ1n) is 9.18. The zero-order valence-electron chi connectivity index (χ0n) is 14.8. The highest BCUT2D eigenvalue weighted by atomic mass is 16.5. The van der Waals surface area contributed by atoms with Gasteiger partial charge in [-0.15, -0.1) is 5.10 Å². The molecule has 0 bridgehead atoms. The van der Waals surface area contributed by atoms with Gasteiger partial charge in [-0.25, -0.2) is 0 Å². The van der Waals surface area contributed by atoms with E-state index in [2.05, 4.69) is 15.1 Å². The summed E-state index contributed by atoms with van der Waals surface area (Å²) in [5.74, 6) is 1.14. The number of aromatic nitrogens is 2. The van der Waals surface area contributed by atoms with Crippen molar-refractivity contribution in [1.82, 2.24) is 15.1 Å². The second-order valence-electron chi connectivity index (χ2n) is 7.38. The van der Waals surface area contributed by atoms with Crippen LogP contribution in [0.2, 0.25) is 0 Å². The third-order valence-electron chi connectivity index (χ3n) is 5.87. The number of rotatable bonds is 2. The molecule has 0 N–H and O–H groups in total. The lowest BCUT2D eigenvalue weighted by molar-refractivity contribution is -0.144. The predicted molar refractivity (Wildman–Crippen MR) is 92.4 cm³/mol. The number of aryl methyl sites for hydroxylation is 1. The monoisotopic (exact) mass is 346 g/mol. The number of carbonyl (C=O) groups is 1. The van der Waals surface area contributed by atoms with Gasteiger partial charge in [-0.2, -0.15) is 5.10 Å². The van der Waals surface area contributed by atoms with E-state index in [-0.39, 0.29) is 17.2 Å². The van der Waals surface area contributed by atoms with Gasteiger partial charge >= 0.3 is 0 Å². The zero-order chi connectivity index (χ0) is 17.3. The fraction of sp³-hybridized carbons (Fsp3) is 0.722. The van der Waals surface area contributed by atoms with Gasteiger partial charge in [0, 0.05) is 44.8 Å². The normalized spacial score (nSPS) is 26.2. The first-order chi connectivity index (χ1) is 12.2. The van der Waals surface area contributed by atoms with E-state index in [1.807, 2.05) is 24.0 Å². The second kappa shape index (κ2) is 6.88. The Morgan fingerprint density at radius 2 is 1.84 bits per heavy atom. The molecule has 3 fully saturated rings. The maximum Gasteiger partial charge on any atom is 0.228 e. The number of hydrogen-bond acceptors (Lipinski definition) is 6. The number of nitrogens with zero attached hydrogens (tertiary/aromatic N) is 4. The molecule has 25 heavy (non-hydrogen) atoms. The van der Waals surface area contributed by atoms with E-state index in [1.165, 1.54) is 0 Å². The Morgan fingerprint density at radius 3 is 2.52 bits per heavy atom. The second-order valence-corrected chi connectivity index (χ2v) is 7.38. The number of ether oxygens (including phenoxy) is 2. The minimum absolute atomic E-state index is 0.00222. The van der Waals surface area contributed by atoms with Gasteiger partial charge in [0.05, 0.1) is 24.8 Å². The van der Waals surface area contributed by atoms with Crippen LogP contribution in [0.3, 0.4) is 0 Å². The Morgan fingerprint density at radius 1 is 1.12 bits per heavy atom. The average Bonchev–Trinajstić information content (AvgIpc) is 3.01. The summed E-state index contributed by atoms with van der Waals surface area (Å²) in [4.78, 5) is 17.5. The van der Waals surface area contributed by atoms with Gasteiger partial charge in [0.25, 0.3) is 0 Å². The largest absolute Gasteiger partial charge is 0.381 e. The van der Waals surface area contributed by atoms with Crippen molar-refractivity contribution < 1.29 is 14.3 Å². The average molecular weight is 346 g/mol. The summed E-state index contributed by atoms with van der Waals surface area (Å²) in [5, 5.41) is 8.53. The molecular weight excluding hydrogens is 320 g/mol. The Balaban J connectivity index is 1.58. The van der Waals surface area contributed by atoms with Crippen molar-refractivity contribution >= 4 is 11.7 Å². The summed E-state index contributed by atoms with van der Waals surface area (Å²) in [6, 6.07) is 3.99. The minimum atomic E-state index is -0.0137. The van der Waals surface area contributed by atoms with Gasteiger partial charge in [-0.3, -0.25) is 4.79 Å². The molecule has 4 rings (SSSR count). The molecule has 7 nitrogen and oxygen atoms in total. The summed E-state index contributed by atoms with van der Waals surface area (Å²) in [7, 11) is 0. The molecule has 1 aromatic heterocycles. The molecule has 4 heterocycles. The van der Waals surface area contributed by atoms with Crippen molar-refractivity contribution in [3.63, 3.8) is 0 Å². The molecule has 1 aromatic rings. The summed E-state index contributed by atoms with van der Waals surface area (Å²) < 4.78 is 11.0. The Bertz CT molecular complexity index is 609. The molecule has 1 atom stereocenters. The third-order valence-corrected chi connectivity index (χ3v) is 5.87. The van der Waals surface area contributed by atoms with E-state index >= 15 is 0 Å². The van der Waals surface area contributed by atoms with Gasteiger partial charge < -0.3 is 19.3 Å². The summed E-state index contributed by atoms with van der Waals surface area (Å²) >= 11 is 0. The topological polar surface area (TPSA) is 67.8 Å². The van der Waals surface area contributed by atoms with Crippen molar-refractivity contribution in [2.24, 2.45) is 11.3 Å². The van der Waals surface area contributed by atoms with Gasteiger partial charge in [-0.1, -0.05) is 0 Å². The van der Waals surface area contributed by atoms with E-state index in [0.29, 0.717) is 32.8 Å². The van der Waals surface area contributed by atoms with Crippen LogP contribution >= 0.6 is 0 Å².